The maximum Gasteiger partial charge on any atom is 0.261 e. The molecule has 3 aromatic carbocycles. The molecule has 152 valence electrons. The summed E-state index contributed by atoms with van der Waals surface area (Å²) in [6.45, 7) is 1.90. The van der Waals surface area contributed by atoms with Crippen LogP contribution in [0.15, 0.2) is 71.6 Å². The summed E-state index contributed by atoms with van der Waals surface area (Å²) in [5.41, 5.74) is 3.73. The molecule has 1 aromatic heterocycles. The van der Waals surface area contributed by atoms with Crippen molar-refractivity contribution in [2.75, 3.05) is 11.8 Å². The second kappa shape index (κ2) is 7.96. The number of H-pyrrole nitrogens is 1. The van der Waals surface area contributed by atoms with Crippen LogP contribution in [0.4, 0.5) is 5.69 Å². The molecular formula is C21H19N5O3S. The molecule has 8 nitrogen and oxygen atoms in total. The van der Waals surface area contributed by atoms with Crippen molar-refractivity contribution in [1.82, 2.24) is 20.6 Å². The van der Waals surface area contributed by atoms with Crippen molar-refractivity contribution in [2.45, 2.75) is 11.8 Å². The Morgan fingerprint density at radius 2 is 1.60 bits per heavy atom. The molecule has 4 rings (SSSR count). The highest BCUT2D eigenvalue weighted by Gasteiger charge is 2.18. The molecule has 0 unspecified atom stereocenters. The van der Waals surface area contributed by atoms with Gasteiger partial charge in [0.2, 0.25) is 5.82 Å². The van der Waals surface area contributed by atoms with E-state index in [2.05, 4.69) is 25.3 Å². The summed E-state index contributed by atoms with van der Waals surface area (Å²) in [5.74, 6) is 1.07. The maximum absolute atomic E-state index is 12.9. The molecule has 0 aliphatic carbocycles. The van der Waals surface area contributed by atoms with E-state index in [1.165, 1.54) is 0 Å². The van der Waals surface area contributed by atoms with Crippen LogP contribution >= 0.6 is 0 Å². The van der Waals surface area contributed by atoms with Crippen LogP contribution < -0.4 is 9.46 Å². The Morgan fingerprint density at radius 3 is 2.20 bits per heavy atom. The largest absolute Gasteiger partial charge is 0.497 e. The van der Waals surface area contributed by atoms with Gasteiger partial charge in [0.1, 0.15) is 5.75 Å². The first-order valence-electron chi connectivity index (χ1n) is 9.08. The molecule has 0 spiro atoms. The van der Waals surface area contributed by atoms with Crippen LogP contribution in [-0.4, -0.2) is 36.2 Å². The van der Waals surface area contributed by atoms with E-state index in [9.17, 15) is 8.42 Å². The summed E-state index contributed by atoms with van der Waals surface area (Å²) in [7, 11) is -2.19. The Morgan fingerprint density at radius 1 is 0.933 bits per heavy atom. The Kier molecular flexibility index (Phi) is 5.20. The molecule has 0 atom stereocenters. The van der Waals surface area contributed by atoms with E-state index in [0.717, 1.165) is 22.4 Å². The molecule has 0 fully saturated rings. The van der Waals surface area contributed by atoms with Crippen molar-refractivity contribution in [3.63, 3.8) is 0 Å². The number of aromatic nitrogens is 4. The minimum atomic E-state index is -3.81. The number of benzene rings is 3. The molecule has 9 heteroatoms. The third-order valence-electron chi connectivity index (χ3n) is 4.59. The van der Waals surface area contributed by atoms with Crippen LogP contribution in [0.3, 0.4) is 0 Å². The number of nitrogens with one attached hydrogen (secondary N) is 2. The first-order chi connectivity index (χ1) is 14.5. The zero-order valence-electron chi connectivity index (χ0n) is 16.3. The van der Waals surface area contributed by atoms with Gasteiger partial charge in [-0.3, -0.25) is 4.72 Å². The highest BCUT2D eigenvalue weighted by Crippen LogP contribution is 2.29. The average Bonchev–Trinajstić information content (AvgIpc) is 3.30. The molecule has 1 heterocycles. The second-order valence-corrected chi connectivity index (χ2v) is 8.33. The van der Waals surface area contributed by atoms with Gasteiger partial charge in [0.05, 0.1) is 17.7 Å². The Hall–Kier alpha value is -3.72. The van der Waals surface area contributed by atoms with Gasteiger partial charge >= 0.3 is 0 Å². The lowest BCUT2D eigenvalue weighted by molar-refractivity contribution is 0.415. The first-order valence-corrected chi connectivity index (χ1v) is 10.6. The van der Waals surface area contributed by atoms with Gasteiger partial charge in [-0.2, -0.15) is 5.21 Å². The van der Waals surface area contributed by atoms with Gasteiger partial charge in [-0.15, -0.1) is 10.2 Å². The lowest BCUT2D eigenvalue weighted by Crippen LogP contribution is -2.13. The van der Waals surface area contributed by atoms with E-state index in [-0.39, 0.29) is 4.90 Å². The van der Waals surface area contributed by atoms with Crippen LogP contribution in [0.5, 0.6) is 5.75 Å². The summed E-state index contributed by atoms with van der Waals surface area (Å²) in [6.07, 6.45) is 0. The van der Waals surface area contributed by atoms with E-state index < -0.39 is 10.0 Å². The SMILES string of the molecule is COc1ccc(-c2ccc(S(=O)(=O)Nc3ccc(C)cc3-c3nn[nH]n3)cc2)cc1. The number of rotatable bonds is 6. The summed E-state index contributed by atoms with van der Waals surface area (Å²) >= 11 is 0. The van der Waals surface area contributed by atoms with Gasteiger partial charge < -0.3 is 4.74 Å². The average molecular weight is 421 g/mol. The second-order valence-electron chi connectivity index (χ2n) is 6.64. The van der Waals surface area contributed by atoms with Crippen LogP contribution in [0.2, 0.25) is 0 Å². The zero-order valence-corrected chi connectivity index (χ0v) is 17.1. The Labute approximate surface area is 174 Å². The Bertz CT molecular complexity index is 1250. The third kappa shape index (κ3) is 4.01. The zero-order chi connectivity index (χ0) is 21.1. The maximum atomic E-state index is 12.9. The number of hydrogen-bond acceptors (Lipinski definition) is 6. The van der Waals surface area contributed by atoms with Gasteiger partial charge in [-0.1, -0.05) is 35.9 Å². The fraction of sp³-hybridized carbons (Fsp3) is 0.0952. The lowest BCUT2D eigenvalue weighted by Gasteiger charge is -2.12. The number of aromatic amines is 1. The number of nitrogens with zero attached hydrogens (tertiary/aromatic N) is 3. The van der Waals surface area contributed by atoms with E-state index in [1.807, 2.05) is 37.3 Å². The summed E-state index contributed by atoms with van der Waals surface area (Å²) in [5, 5.41) is 13.8. The molecule has 0 bridgehead atoms. The molecule has 0 amide bonds. The van der Waals surface area contributed by atoms with Crippen molar-refractivity contribution in [2.24, 2.45) is 0 Å². The van der Waals surface area contributed by atoms with Gasteiger partial charge in [-0.25, -0.2) is 8.42 Å². The molecule has 0 aliphatic rings. The fourth-order valence-corrected chi connectivity index (χ4v) is 4.10. The quantitative estimate of drug-likeness (QED) is 0.492. The van der Waals surface area contributed by atoms with Gasteiger partial charge in [0, 0.05) is 5.56 Å². The highest BCUT2D eigenvalue weighted by atomic mass is 32.2. The molecule has 30 heavy (non-hydrogen) atoms. The number of ether oxygens (including phenoxy) is 1. The molecule has 0 saturated carbocycles. The number of anilines is 1. The topological polar surface area (TPSA) is 110 Å². The van der Waals surface area contributed by atoms with Crippen molar-refractivity contribution in [3.8, 4) is 28.3 Å². The summed E-state index contributed by atoms with van der Waals surface area (Å²) < 4.78 is 33.7. The molecule has 2 N–H and O–H groups in total. The standard InChI is InChI=1S/C21H19N5O3S/c1-14-3-12-20(19(13-14)21-22-25-26-23-21)24-30(27,28)18-10-6-16(7-11-18)15-4-8-17(29-2)9-5-15/h3-13,24H,1-2H3,(H,22,23,25,26). The van der Waals surface area contributed by atoms with Crippen LogP contribution in [0.1, 0.15) is 5.56 Å². The summed E-state index contributed by atoms with van der Waals surface area (Å²) in [4.78, 5) is 0.152. The van der Waals surface area contributed by atoms with Crippen molar-refractivity contribution in [1.29, 1.82) is 0 Å². The number of hydrogen-bond donors (Lipinski definition) is 2. The minimum Gasteiger partial charge on any atom is -0.497 e. The number of aryl methyl sites for hydroxylation is 1. The third-order valence-corrected chi connectivity index (χ3v) is 5.98. The van der Waals surface area contributed by atoms with Crippen LogP contribution in [-0.2, 0) is 10.0 Å². The van der Waals surface area contributed by atoms with Crippen LogP contribution in [0.25, 0.3) is 22.5 Å². The van der Waals surface area contributed by atoms with Crippen molar-refractivity contribution >= 4 is 15.7 Å². The number of sulfonamides is 1. The van der Waals surface area contributed by atoms with Crippen molar-refractivity contribution in [3.05, 3.63) is 72.3 Å². The summed E-state index contributed by atoms with van der Waals surface area (Å²) in [6, 6.07) is 19.5. The Balaban J connectivity index is 1.62. The van der Waals surface area contributed by atoms with Gasteiger partial charge in [0.25, 0.3) is 10.0 Å². The molecule has 0 aliphatic heterocycles. The van der Waals surface area contributed by atoms with E-state index in [1.54, 1.807) is 43.5 Å². The smallest absolute Gasteiger partial charge is 0.261 e. The molecule has 0 radical (unpaired) electrons. The van der Waals surface area contributed by atoms with Crippen LogP contribution in [0, 0.1) is 6.92 Å². The monoisotopic (exact) mass is 421 g/mol. The highest BCUT2D eigenvalue weighted by molar-refractivity contribution is 7.92. The minimum absolute atomic E-state index is 0.152. The van der Waals surface area contributed by atoms with E-state index in [0.29, 0.717) is 17.1 Å². The number of tetrazole rings is 1. The lowest BCUT2D eigenvalue weighted by atomic mass is 10.1. The van der Waals surface area contributed by atoms with Crippen molar-refractivity contribution < 1.29 is 13.2 Å². The number of methoxy groups -OCH3 is 1. The molecular weight excluding hydrogens is 402 g/mol. The van der Waals surface area contributed by atoms with E-state index in [4.69, 9.17) is 4.74 Å². The predicted molar refractivity (Wildman–Crippen MR) is 114 cm³/mol. The molecule has 0 saturated heterocycles. The van der Waals surface area contributed by atoms with E-state index >= 15 is 0 Å². The predicted octanol–water partition coefficient (Wildman–Crippen LogP) is 3.65. The van der Waals surface area contributed by atoms with Gasteiger partial charge in [-0.05, 0) is 59.7 Å². The first kappa shape index (κ1) is 19.6. The normalized spacial score (nSPS) is 11.3. The fourth-order valence-electron chi connectivity index (χ4n) is 3.02. The van der Waals surface area contributed by atoms with Gasteiger partial charge in [0.15, 0.2) is 0 Å². The molecule has 4 aromatic rings.